The Morgan fingerprint density at radius 1 is 1.35 bits per heavy atom. The fourth-order valence-corrected chi connectivity index (χ4v) is 2.59. The number of piperidine rings is 1. The molecule has 17 heavy (non-hydrogen) atoms. The predicted molar refractivity (Wildman–Crippen MR) is 68.4 cm³/mol. The van der Waals surface area contributed by atoms with Crippen LogP contribution in [0.15, 0.2) is 24.3 Å². The van der Waals surface area contributed by atoms with Crippen molar-refractivity contribution >= 4 is 0 Å². The Bertz CT molecular complexity index is 354. The molecule has 0 aromatic heterocycles. The van der Waals surface area contributed by atoms with Crippen molar-refractivity contribution < 1.29 is 4.39 Å². The third-order valence-electron chi connectivity index (χ3n) is 3.60. The normalized spacial score (nSPS) is 21.6. The zero-order valence-corrected chi connectivity index (χ0v) is 10.2. The molecule has 1 aliphatic rings. The van der Waals surface area contributed by atoms with E-state index in [4.69, 9.17) is 5.73 Å². The standard InChI is InChI=1S/C14H21FN2/c15-13-5-3-4-12(10-13)7-9-17-8-2-1-6-14(17)11-16/h3-5,10,14H,1-2,6-9,11,16H2. The molecule has 2 N–H and O–H groups in total. The monoisotopic (exact) mass is 236 g/mol. The highest BCUT2D eigenvalue weighted by atomic mass is 19.1. The lowest BCUT2D eigenvalue weighted by Crippen LogP contribution is -2.44. The van der Waals surface area contributed by atoms with E-state index in [0.717, 1.165) is 31.6 Å². The van der Waals surface area contributed by atoms with Gasteiger partial charge in [0.25, 0.3) is 0 Å². The Kier molecular flexibility index (Phi) is 4.51. The summed E-state index contributed by atoms with van der Waals surface area (Å²) in [6.07, 6.45) is 4.67. The summed E-state index contributed by atoms with van der Waals surface area (Å²) in [6, 6.07) is 7.41. The van der Waals surface area contributed by atoms with Crippen molar-refractivity contribution in [3.8, 4) is 0 Å². The van der Waals surface area contributed by atoms with E-state index in [9.17, 15) is 4.39 Å². The summed E-state index contributed by atoms with van der Waals surface area (Å²) in [5, 5.41) is 0. The highest BCUT2D eigenvalue weighted by molar-refractivity contribution is 5.16. The summed E-state index contributed by atoms with van der Waals surface area (Å²) in [5.41, 5.74) is 6.86. The molecule has 0 amide bonds. The lowest BCUT2D eigenvalue weighted by molar-refractivity contribution is 0.155. The molecular weight excluding hydrogens is 215 g/mol. The Balaban J connectivity index is 1.88. The van der Waals surface area contributed by atoms with Gasteiger partial charge in [-0.1, -0.05) is 18.6 Å². The van der Waals surface area contributed by atoms with Crippen molar-refractivity contribution in [2.24, 2.45) is 5.73 Å². The number of nitrogens with zero attached hydrogens (tertiary/aromatic N) is 1. The first-order valence-corrected chi connectivity index (χ1v) is 6.48. The van der Waals surface area contributed by atoms with Crippen molar-refractivity contribution in [3.63, 3.8) is 0 Å². The van der Waals surface area contributed by atoms with Crippen molar-refractivity contribution in [3.05, 3.63) is 35.6 Å². The Labute approximate surface area is 103 Å². The molecule has 1 aromatic carbocycles. The number of hydrogen-bond acceptors (Lipinski definition) is 2. The van der Waals surface area contributed by atoms with Gasteiger partial charge < -0.3 is 5.73 Å². The van der Waals surface area contributed by atoms with Crippen LogP contribution in [0.3, 0.4) is 0 Å². The van der Waals surface area contributed by atoms with Gasteiger partial charge in [-0.3, -0.25) is 4.90 Å². The minimum Gasteiger partial charge on any atom is -0.329 e. The number of benzene rings is 1. The first-order valence-electron chi connectivity index (χ1n) is 6.48. The molecule has 2 nitrogen and oxygen atoms in total. The first-order chi connectivity index (χ1) is 8.29. The molecule has 0 bridgehead atoms. The van der Waals surface area contributed by atoms with Crippen LogP contribution in [0, 0.1) is 5.82 Å². The highest BCUT2D eigenvalue weighted by Crippen LogP contribution is 2.16. The van der Waals surface area contributed by atoms with Crippen molar-refractivity contribution in [2.45, 2.75) is 31.7 Å². The van der Waals surface area contributed by atoms with Gasteiger partial charge in [0.05, 0.1) is 0 Å². The maximum Gasteiger partial charge on any atom is 0.123 e. The van der Waals surface area contributed by atoms with Crippen LogP contribution in [-0.2, 0) is 6.42 Å². The van der Waals surface area contributed by atoms with Crippen LogP contribution >= 0.6 is 0 Å². The van der Waals surface area contributed by atoms with E-state index in [1.165, 1.54) is 25.3 Å². The highest BCUT2D eigenvalue weighted by Gasteiger charge is 2.20. The zero-order valence-electron chi connectivity index (χ0n) is 10.2. The van der Waals surface area contributed by atoms with Crippen molar-refractivity contribution in [2.75, 3.05) is 19.6 Å². The van der Waals surface area contributed by atoms with Gasteiger partial charge >= 0.3 is 0 Å². The molecule has 1 unspecified atom stereocenters. The molecule has 1 fully saturated rings. The second kappa shape index (κ2) is 6.12. The Hall–Kier alpha value is -0.930. The lowest BCUT2D eigenvalue weighted by atomic mass is 10.0. The van der Waals surface area contributed by atoms with Crippen LogP contribution in [0.25, 0.3) is 0 Å². The van der Waals surface area contributed by atoms with E-state index in [-0.39, 0.29) is 5.82 Å². The summed E-state index contributed by atoms with van der Waals surface area (Å²) < 4.78 is 13.0. The maximum absolute atomic E-state index is 13.0. The molecule has 0 aliphatic carbocycles. The lowest BCUT2D eigenvalue weighted by Gasteiger charge is -2.34. The predicted octanol–water partition coefficient (Wildman–Crippen LogP) is 2.18. The second-order valence-electron chi connectivity index (χ2n) is 4.80. The molecule has 1 aromatic rings. The minimum absolute atomic E-state index is 0.142. The van der Waals surface area contributed by atoms with Crippen LogP contribution in [0.5, 0.6) is 0 Å². The van der Waals surface area contributed by atoms with E-state index in [1.807, 2.05) is 6.07 Å². The summed E-state index contributed by atoms with van der Waals surface area (Å²) in [5.74, 6) is -0.142. The number of halogens is 1. The molecular formula is C14H21FN2. The van der Waals surface area contributed by atoms with E-state index >= 15 is 0 Å². The summed E-state index contributed by atoms with van der Waals surface area (Å²) in [4.78, 5) is 2.45. The molecule has 0 spiro atoms. The van der Waals surface area contributed by atoms with Crippen LogP contribution < -0.4 is 5.73 Å². The van der Waals surface area contributed by atoms with Gasteiger partial charge in [-0.2, -0.15) is 0 Å². The smallest absolute Gasteiger partial charge is 0.123 e. The van der Waals surface area contributed by atoms with E-state index in [0.29, 0.717) is 6.04 Å². The minimum atomic E-state index is -0.142. The van der Waals surface area contributed by atoms with E-state index in [2.05, 4.69) is 4.90 Å². The van der Waals surface area contributed by atoms with Crippen LogP contribution in [0.1, 0.15) is 24.8 Å². The molecule has 94 valence electrons. The fourth-order valence-electron chi connectivity index (χ4n) is 2.59. The molecule has 1 atom stereocenters. The molecule has 1 saturated heterocycles. The van der Waals surface area contributed by atoms with Crippen LogP contribution in [0.4, 0.5) is 4.39 Å². The van der Waals surface area contributed by atoms with E-state index in [1.54, 1.807) is 12.1 Å². The second-order valence-corrected chi connectivity index (χ2v) is 4.80. The average molecular weight is 236 g/mol. The average Bonchev–Trinajstić information content (AvgIpc) is 2.37. The van der Waals surface area contributed by atoms with Crippen molar-refractivity contribution in [1.82, 2.24) is 4.90 Å². The molecule has 0 radical (unpaired) electrons. The Morgan fingerprint density at radius 2 is 2.24 bits per heavy atom. The topological polar surface area (TPSA) is 29.3 Å². The SMILES string of the molecule is NCC1CCCCN1CCc1cccc(F)c1. The number of hydrogen-bond donors (Lipinski definition) is 1. The van der Waals surface area contributed by atoms with Gasteiger partial charge in [0, 0.05) is 19.1 Å². The van der Waals surface area contributed by atoms with Crippen LogP contribution in [0.2, 0.25) is 0 Å². The number of likely N-dealkylation sites (tertiary alicyclic amines) is 1. The van der Waals surface area contributed by atoms with Crippen molar-refractivity contribution in [1.29, 1.82) is 0 Å². The first kappa shape index (κ1) is 12.5. The fraction of sp³-hybridized carbons (Fsp3) is 0.571. The van der Waals surface area contributed by atoms with Gasteiger partial charge in [0.15, 0.2) is 0 Å². The maximum atomic E-state index is 13.0. The van der Waals surface area contributed by atoms with E-state index < -0.39 is 0 Å². The number of nitrogens with two attached hydrogens (primary N) is 1. The van der Waals surface area contributed by atoms with Crippen LogP contribution in [-0.4, -0.2) is 30.6 Å². The molecule has 1 aliphatic heterocycles. The zero-order chi connectivity index (χ0) is 12.1. The third-order valence-corrected chi connectivity index (χ3v) is 3.60. The molecule has 3 heteroatoms. The largest absolute Gasteiger partial charge is 0.329 e. The third kappa shape index (κ3) is 3.51. The number of rotatable bonds is 4. The molecule has 0 saturated carbocycles. The summed E-state index contributed by atoms with van der Waals surface area (Å²) >= 11 is 0. The summed E-state index contributed by atoms with van der Waals surface area (Å²) in [6.45, 7) is 2.87. The van der Waals surface area contributed by atoms with Gasteiger partial charge in [0.2, 0.25) is 0 Å². The molecule has 2 rings (SSSR count). The quantitative estimate of drug-likeness (QED) is 0.868. The van der Waals surface area contributed by atoms with Gasteiger partial charge in [-0.05, 0) is 43.5 Å². The van der Waals surface area contributed by atoms with Gasteiger partial charge in [-0.15, -0.1) is 0 Å². The Morgan fingerprint density at radius 3 is 3.00 bits per heavy atom. The van der Waals surface area contributed by atoms with Gasteiger partial charge in [0.1, 0.15) is 5.82 Å². The summed E-state index contributed by atoms with van der Waals surface area (Å²) in [7, 11) is 0. The van der Waals surface area contributed by atoms with Gasteiger partial charge in [-0.25, -0.2) is 4.39 Å². The molecule has 1 heterocycles.